The van der Waals surface area contributed by atoms with Gasteiger partial charge in [-0.15, -0.1) is 0 Å². The molecule has 0 amide bonds. The molecule has 1 saturated carbocycles. The van der Waals surface area contributed by atoms with Crippen molar-refractivity contribution in [1.29, 1.82) is 0 Å². The van der Waals surface area contributed by atoms with E-state index < -0.39 is 0 Å². The average molecular weight is 174 g/mol. The molecule has 0 radical (unpaired) electrons. The molecule has 1 heteroatoms. The van der Waals surface area contributed by atoms with Gasteiger partial charge in [-0.1, -0.05) is 20.8 Å². The quantitative estimate of drug-likeness (QED) is 0.613. The Labute approximate surface area is 73.1 Å². The highest BCUT2D eigenvalue weighted by atomic mass is 32.3. The highest BCUT2D eigenvalue weighted by Crippen LogP contribution is 2.53. The largest absolute Gasteiger partial charge is 0.242 e. The normalized spacial score (nSPS) is 26.6. The lowest BCUT2D eigenvalue weighted by Gasteiger charge is -2.39. The minimum atomic E-state index is -0.230. The molecule has 0 nitrogen and oxygen atoms in total. The Hall–Kier alpha value is 0.350. The van der Waals surface area contributed by atoms with Crippen LogP contribution >= 0.6 is 10.0 Å². The molecule has 0 saturated heterocycles. The summed E-state index contributed by atoms with van der Waals surface area (Å²) in [7, 11) is -0.230. The molecule has 0 N–H and O–H groups in total. The molecule has 11 heavy (non-hydrogen) atoms. The van der Waals surface area contributed by atoms with Gasteiger partial charge in [-0.05, 0) is 41.8 Å². The molecule has 1 fully saturated rings. The zero-order valence-corrected chi connectivity index (χ0v) is 9.21. The molecule has 1 atom stereocenters. The van der Waals surface area contributed by atoms with Crippen molar-refractivity contribution in [2.24, 2.45) is 5.92 Å². The van der Waals surface area contributed by atoms with Crippen molar-refractivity contribution in [3.05, 3.63) is 0 Å². The van der Waals surface area contributed by atoms with Crippen molar-refractivity contribution in [2.75, 3.05) is 17.8 Å². The summed E-state index contributed by atoms with van der Waals surface area (Å²) in [5, 5.41) is 0.938. The molecule has 0 bridgehead atoms. The lowest BCUT2D eigenvalue weighted by molar-refractivity contribution is 0.963. The van der Waals surface area contributed by atoms with Gasteiger partial charge in [0.15, 0.2) is 0 Å². The van der Waals surface area contributed by atoms with E-state index in [4.69, 9.17) is 0 Å². The minimum Gasteiger partial charge on any atom is -0.242 e. The summed E-state index contributed by atoms with van der Waals surface area (Å²) in [4.78, 5) is 0. The van der Waals surface area contributed by atoms with Gasteiger partial charge < -0.3 is 0 Å². The van der Waals surface area contributed by atoms with E-state index in [9.17, 15) is 0 Å². The van der Waals surface area contributed by atoms with E-state index in [0.29, 0.717) is 0 Å². The van der Waals surface area contributed by atoms with Gasteiger partial charge in [0, 0.05) is 0 Å². The minimum absolute atomic E-state index is 0.230. The molecule has 1 aliphatic carbocycles. The molecule has 0 aliphatic heterocycles. The van der Waals surface area contributed by atoms with E-state index in [1.807, 2.05) is 0 Å². The van der Waals surface area contributed by atoms with Crippen LogP contribution in [0.5, 0.6) is 0 Å². The second-order valence-electron chi connectivity index (χ2n) is 4.30. The van der Waals surface area contributed by atoms with Crippen LogP contribution < -0.4 is 0 Å². The van der Waals surface area contributed by atoms with E-state index in [0.717, 1.165) is 11.2 Å². The van der Waals surface area contributed by atoms with E-state index in [-0.39, 0.29) is 10.0 Å². The smallest absolute Gasteiger partial charge is 0.0171 e. The highest BCUT2D eigenvalue weighted by molar-refractivity contribution is 8.33. The van der Waals surface area contributed by atoms with E-state index in [2.05, 4.69) is 27.0 Å². The van der Waals surface area contributed by atoms with E-state index in [1.165, 1.54) is 18.6 Å². The fourth-order valence-electron chi connectivity index (χ4n) is 1.47. The van der Waals surface area contributed by atoms with Crippen LogP contribution in [-0.2, 0) is 0 Å². The fraction of sp³-hybridized carbons (Fsp3) is 1.00. The van der Waals surface area contributed by atoms with E-state index in [1.54, 1.807) is 5.75 Å². The molecule has 1 rings (SSSR count). The average Bonchev–Trinajstić information content (AvgIpc) is 2.71. The molecular formula is C10H22S. The van der Waals surface area contributed by atoms with Crippen LogP contribution in [0.15, 0.2) is 0 Å². The Balaban J connectivity index is 2.42. The van der Waals surface area contributed by atoms with Crippen molar-refractivity contribution in [2.45, 2.75) is 38.9 Å². The second kappa shape index (κ2) is 3.38. The Morgan fingerprint density at radius 3 is 2.18 bits per heavy atom. The van der Waals surface area contributed by atoms with Gasteiger partial charge in [0.25, 0.3) is 0 Å². The van der Waals surface area contributed by atoms with Gasteiger partial charge in [-0.3, -0.25) is 0 Å². The van der Waals surface area contributed by atoms with Gasteiger partial charge in [-0.2, -0.15) is 0 Å². The third-order valence-electron chi connectivity index (χ3n) is 3.11. The SMILES string of the molecule is CCS(C)(CC1CC1)C(C)C. The van der Waals surface area contributed by atoms with E-state index >= 15 is 0 Å². The summed E-state index contributed by atoms with van der Waals surface area (Å²) in [5.74, 6) is 4.11. The van der Waals surface area contributed by atoms with Crippen LogP contribution in [0.4, 0.5) is 0 Å². The third-order valence-corrected chi connectivity index (χ3v) is 7.94. The predicted molar refractivity (Wildman–Crippen MR) is 56.8 cm³/mol. The first-order valence-corrected chi connectivity index (χ1v) is 7.25. The topological polar surface area (TPSA) is 0 Å². The Morgan fingerprint density at radius 1 is 1.36 bits per heavy atom. The van der Waals surface area contributed by atoms with Crippen LogP contribution in [0.1, 0.15) is 33.6 Å². The number of hydrogen-bond acceptors (Lipinski definition) is 0. The maximum absolute atomic E-state index is 2.54. The van der Waals surface area contributed by atoms with Crippen LogP contribution in [0.3, 0.4) is 0 Å². The summed E-state index contributed by atoms with van der Waals surface area (Å²) in [6.07, 6.45) is 5.58. The van der Waals surface area contributed by atoms with Crippen LogP contribution in [0.2, 0.25) is 0 Å². The lowest BCUT2D eigenvalue weighted by Crippen LogP contribution is -2.17. The van der Waals surface area contributed by atoms with Crippen LogP contribution in [-0.4, -0.2) is 23.0 Å². The van der Waals surface area contributed by atoms with Crippen molar-refractivity contribution in [3.63, 3.8) is 0 Å². The van der Waals surface area contributed by atoms with Gasteiger partial charge in [0.05, 0.1) is 0 Å². The van der Waals surface area contributed by atoms with Gasteiger partial charge in [0.1, 0.15) is 0 Å². The maximum atomic E-state index is 2.54. The summed E-state index contributed by atoms with van der Waals surface area (Å²) < 4.78 is 0. The standard InChI is InChI=1S/C10H22S/c1-5-11(4,9(2)3)8-10-6-7-10/h9-10H,5-8H2,1-4H3. The van der Waals surface area contributed by atoms with Crippen molar-refractivity contribution >= 4 is 10.0 Å². The third kappa shape index (κ3) is 2.40. The summed E-state index contributed by atoms with van der Waals surface area (Å²) >= 11 is 0. The van der Waals surface area contributed by atoms with Crippen molar-refractivity contribution in [1.82, 2.24) is 0 Å². The Kier molecular flexibility index (Phi) is 2.90. The van der Waals surface area contributed by atoms with Crippen molar-refractivity contribution in [3.8, 4) is 0 Å². The zero-order chi connectivity index (χ0) is 8.48. The molecule has 0 aromatic heterocycles. The summed E-state index contributed by atoms with van der Waals surface area (Å²) in [6.45, 7) is 7.18. The number of hydrogen-bond donors (Lipinski definition) is 0. The van der Waals surface area contributed by atoms with Crippen molar-refractivity contribution < 1.29 is 0 Å². The van der Waals surface area contributed by atoms with Gasteiger partial charge >= 0.3 is 0 Å². The number of rotatable bonds is 4. The summed E-state index contributed by atoms with van der Waals surface area (Å²) in [6, 6.07) is 0. The molecule has 0 heterocycles. The Bertz CT molecular complexity index is 127. The lowest BCUT2D eigenvalue weighted by atomic mass is 10.5. The van der Waals surface area contributed by atoms with Crippen LogP contribution in [0.25, 0.3) is 0 Å². The second-order valence-corrected chi connectivity index (χ2v) is 8.85. The highest BCUT2D eigenvalue weighted by Gasteiger charge is 2.30. The molecule has 1 unspecified atom stereocenters. The molecule has 1 aliphatic rings. The molecule has 68 valence electrons. The summed E-state index contributed by atoms with van der Waals surface area (Å²) in [5.41, 5.74) is 0. The first-order valence-electron chi connectivity index (χ1n) is 4.81. The maximum Gasteiger partial charge on any atom is -0.0171 e. The molecule has 0 aromatic carbocycles. The first-order chi connectivity index (χ1) is 5.08. The Morgan fingerprint density at radius 2 is 1.91 bits per heavy atom. The zero-order valence-electron chi connectivity index (χ0n) is 8.39. The monoisotopic (exact) mass is 174 g/mol. The van der Waals surface area contributed by atoms with Gasteiger partial charge in [0.2, 0.25) is 0 Å². The fourth-order valence-corrected chi connectivity index (χ4v) is 4.16. The molecule has 0 spiro atoms. The van der Waals surface area contributed by atoms with Crippen LogP contribution in [0, 0.1) is 5.92 Å². The molecular weight excluding hydrogens is 152 g/mol. The first kappa shape index (κ1) is 9.44. The predicted octanol–water partition coefficient (Wildman–Crippen LogP) is 3.26. The van der Waals surface area contributed by atoms with Gasteiger partial charge in [-0.25, -0.2) is 10.0 Å². The molecule has 0 aromatic rings.